The molecule has 1 N–H and O–H groups in total. The first-order valence-electron chi connectivity index (χ1n) is 5.15. The molecule has 0 aliphatic rings. The van der Waals surface area contributed by atoms with Gasteiger partial charge in [0, 0.05) is 12.6 Å². The van der Waals surface area contributed by atoms with Crippen molar-refractivity contribution in [3.8, 4) is 11.4 Å². The van der Waals surface area contributed by atoms with Gasteiger partial charge in [0.25, 0.3) is 5.91 Å². The van der Waals surface area contributed by atoms with Crippen LogP contribution >= 0.6 is 0 Å². The molecule has 7 heteroatoms. The summed E-state index contributed by atoms with van der Waals surface area (Å²) in [5.41, 5.74) is 0.755. The molecule has 2 aromatic rings. The van der Waals surface area contributed by atoms with Crippen LogP contribution in [0.4, 0.5) is 0 Å². The van der Waals surface area contributed by atoms with E-state index in [0.717, 1.165) is 5.06 Å². The Labute approximate surface area is 103 Å². The Kier molecular flexibility index (Phi) is 3.24. The number of aromatic nitrogens is 3. The second kappa shape index (κ2) is 4.84. The minimum atomic E-state index is -0.320. The summed E-state index contributed by atoms with van der Waals surface area (Å²) in [5.74, 6) is -0.309. The molecule has 18 heavy (non-hydrogen) atoms. The number of carbonyl (C=O) groups excluding carboxylic acids is 1. The number of hydrogen-bond donors (Lipinski definition) is 1. The number of carbonyl (C=O) groups is 1. The van der Waals surface area contributed by atoms with Gasteiger partial charge in [-0.05, 0) is 18.2 Å². The van der Waals surface area contributed by atoms with Gasteiger partial charge in [0.15, 0.2) is 0 Å². The minimum Gasteiger partial charge on any atom is -0.506 e. The zero-order valence-electron chi connectivity index (χ0n) is 9.94. The summed E-state index contributed by atoms with van der Waals surface area (Å²) >= 11 is 0. The first-order chi connectivity index (χ1) is 8.63. The molecule has 1 aromatic heterocycles. The van der Waals surface area contributed by atoms with E-state index in [9.17, 15) is 9.90 Å². The topological polar surface area (TPSA) is 80.5 Å². The maximum atomic E-state index is 11.9. The van der Waals surface area contributed by atoms with Crippen LogP contribution < -0.4 is 0 Å². The summed E-state index contributed by atoms with van der Waals surface area (Å²) in [4.78, 5) is 16.7. The average Bonchev–Trinajstić information content (AvgIpc) is 2.91. The van der Waals surface area contributed by atoms with Crippen molar-refractivity contribution in [2.75, 3.05) is 14.2 Å². The lowest BCUT2D eigenvalue weighted by molar-refractivity contribution is -0.0757. The van der Waals surface area contributed by atoms with E-state index in [2.05, 4.69) is 10.3 Å². The Bertz CT molecular complexity index is 553. The molecule has 0 unspecified atom stereocenters. The van der Waals surface area contributed by atoms with E-state index in [1.807, 2.05) is 0 Å². The highest BCUT2D eigenvalue weighted by Gasteiger charge is 2.14. The maximum Gasteiger partial charge on any atom is 0.277 e. The Hall–Kier alpha value is -2.41. The number of benzene rings is 1. The summed E-state index contributed by atoms with van der Waals surface area (Å²) < 4.78 is 1.37. The number of nitrogens with zero attached hydrogens (tertiary/aromatic N) is 4. The van der Waals surface area contributed by atoms with Crippen LogP contribution in [-0.2, 0) is 4.84 Å². The van der Waals surface area contributed by atoms with Crippen molar-refractivity contribution in [3.63, 3.8) is 0 Å². The molecule has 0 bridgehead atoms. The lowest BCUT2D eigenvalue weighted by Crippen LogP contribution is -2.25. The van der Waals surface area contributed by atoms with Gasteiger partial charge in [-0.3, -0.25) is 9.63 Å². The molecule has 2 rings (SSSR count). The second-order valence-electron chi connectivity index (χ2n) is 3.54. The van der Waals surface area contributed by atoms with Crippen LogP contribution in [-0.4, -0.2) is 45.2 Å². The standard InChI is InChI=1S/C11H12N4O3/c1-14(18-2)11(17)8-3-4-10(16)9(7-8)15-6-5-12-13-15/h3-7,16H,1-2H3. The van der Waals surface area contributed by atoms with Crippen molar-refractivity contribution < 1.29 is 14.7 Å². The quantitative estimate of drug-likeness (QED) is 0.805. The molecule has 0 saturated carbocycles. The van der Waals surface area contributed by atoms with Gasteiger partial charge >= 0.3 is 0 Å². The highest BCUT2D eigenvalue weighted by molar-refractivity contribution is 5.94. The normalized spacial score (nSPS) is 10.3. The summed E-state index contributed by atoms with van der Waals surface area (Å²) in [6.45, 7) is 0. The predicted octanol–water partition coefficient (Wildman–Crippen LogP) is 0.606. The van der Waals surface area contributed by atoms with Gasteiger partial charge in [-0.2, -0.15) is 0 Å². The SMILES string of the molecule is CON(C)C(=O)c1ccc(O)c(-n2ccnn2)c1. The van der Waals surface area contributed by atoms with Crippen molar-refractivity contribution in [1.29, 1.82) is 0 Å². The van der Waals surface area contributed by atoms with Crippen molar-refractivity contribution in [2.24, 2.45) is 0 Å². The van der Waals surface area contributed by atoms with Gasteiger partial charge in [-0.25, -0.2) is 9.75 Å². The van der Waals surface area contributed by atoms with E-state index in [4.69, 9.17) is 4.84 Å². The van der Waals surface area contributed by atoms with Crippen LogP contribution in [0.5, 0.6) is 5.75 Å². The Morgan fingerprint density at radius 1 is 1.50 bits per heavy atom. The van der Waals surface area contributed by atoms with E-state index in [1.54, 1.807) is 6.20 Å². The first kappa shape index (κ1) is 12.1. The number of hydrogen-bond acceptors (Lipinski definition) is 5. The monoisotopic (exact) mass is 248 g/mol. The molecule has 0 aliphatic carbocycles. The third-order valence-corrected chi connectivity index (χ3v) is 2.45. The fraction of sp³-hybridized carbons (Fsp3) is 0.182. The molecular weight excluding hydrogens is 236 g/mol. The number of aromatic hydroxyl groups is 1. The van der Waals surface area contributed by atoms with Crippen LogP contribution in [0.15, 0.2) is 30.6 Å². The number of phenols is 1. The van der Waals surface area contributed by atoms with Crippen LogP contribution in [0.2, 0.25) is 0 Å². The van der Waals surface area contributed by atoms with E-state index in [0.29, 0.717) is 11.3 Å². The summed E-state index contributed by atoms with van der Waals surface area (Å²) in [5, 5.41) is 18.2. The smallest absolute Gasteiger partial charge is 0.277 e. The van der Waals surface area contributed by atoms with Crippen molar-refractivity contribution in [3.05, 3.63) is 36.2 Å². The molecule has 7 nitrogen and oxygen atoms in total. The highest BCUT2D eigenvalue weighted by atomic mass is 16.7. The second-order valence-corrected chi connectivity index (χ2v) is 3.54. The van der Waals surface area contributed by atoms with Gasteiger partial charge in [0.1, 0.15) is 11.4 Å². The number of rotatable bonds is 3. The average molecular weight is 248 g/mol. The Morgan fingerprint density at radius 2 is 2.28 bits per heavy atom. The molecule has 1 aromatic carbocycles. The molecule has 0 fully saturated rings. The van der Waals surface area contributed by atoms with Crippen LogP contribution in [0.25, 0.3) is 5.69 Å². The lowest BCUT2D eigenvalue weighted by Gasteiger charge is -2.14. The molecule has 0 radical (unpaired) electrons. The molecule has 1 heterocycles. The fourth-order valence-corrected chi connectivity index (χ4v) is 1.44. The molecule has 0 saturated heterocycles. The van der Waals surface area contributed by atoms with E-state index >= 15 is 0 Å². The largest absolute Gasteiger partial charge is 0.506 e. The molecule has 0 aliphatic heterocycles. The van der Waals surface area contributed by atoms with E-state index < -0.39 is 0 Å². The molecular formula is C11H12N4O3. The summed E-state index contributed by atoms with van der Waals surface area (Å²) in [6.07, 6.45) is 3.05. The Balaban J connectivity index is 2.41. The number of hydroxylamine groups is 2. The predicted molar refractivity (Wildman–Crippen MR) is 62.1 cm³/mol. The zero-order valence-corrected chi connectivity index (χ0v) is 9.94. The van der Waals surface area contributed by atoms with Crippen LogP contribution in [0, 0.1) is 0 Å². The third kappa shape index (κ3) is 2.16. The summed E-state index contributed by atoms with van der Waals surface area (Å²) in [6, 6.07) is 4.45. The maximum absolute atomic E-state index is 11.9. The number of amides is 1. The molecule has 0 spiro atoms. The van der Waals surface area contributed by atoms with Gasteiger partial charge in [0.2, 0.25) is 0 Å². The summed E-state index contributed by atoms with van der Waals surface area (Å²) in [7, 11) is 2.90. The lowest BCUT2D eigenvalue weighted by atomic mass is 10.1. The zero-order chi connectivity index (χ0) is 13.1. The van der Waals surface area contributed by atoms with Crippen molar-refractivity contribution in [2.45, 2.75) is 0 Å². The Morgan fingerprint density at radius 3 is 2.89 bits per heavy atom. The van der Waals surface area contributed by atoms with Crippen molar-refractivity contribution >= 4 is 5.91 Å². The van der Waals surface area contributed by atoms with Crippen LogP contribution in [0.3, 0.4) is 0 Å². The van der Waals surface area contributed by atoms with E-state index in [-0.39, 0.29) is 11.7 Å². The van der Waals surface area contributed by atoms with Gasteiger partial charge in [-0.15, -0.1) is 5.10 Å². The third-order valence-electron chi connectivity index (χ3n) is 2.45. The highest BCUT2D eigenvalue weighted by Crippen LogP contribution is 2.22. The molecule has 0 atom stereocenters. The molecule has 94 valence electrons. The fourth-order valence-electron chi connectivity index (χ4n) is 1.44. The van der Waals surface area contributed by atoms with Gasteiger partial charge in [-0.1, -0.05) is 5.21 Å². The minimum absolute atomic E-state index is 0.0112. The van der Waals surface area contributed by atoms with Gasteiger partial charge in [0.05, 0.1) is 19.5 Å². The van der Waals surface area contributed by atoms with Crippen molar-refractivity contribution in [1.82, 2.24) is 20.1 Å². The first-order valence-corrected chi connectivity index (χ1v) is 5.15. The number of phenolic OH excluding ortho intramolecular Hbond substituents is 1. The van der Waals surface area contributed by atoms with Gasteiger partial charge < -0.3 is 5.11 Å². The van der Waals surface area contributed by atoms with Crippen LogP contribution in [0.1, 0.15) is 10.4 Å². The molecule has 1 amide bonds. The van der Waals surface area contributed by atoms with E-state index in [1.165, 1.54) is 43.2 Å².